The highest BCUT2D eigenvalue weighted by atomic mass is 16.5. The van der Waals surface area contributed by atoms with Gasteiger partial charge in [-0.3, -0.25) is 14.5 Å². The van der Waals surface area contributed by atoms with Crippen LogP contribution in [-0.4, -0.2) is 72.1 Å². The molecule has 0 aromatic heterocycles. The lowest BCUT2D eigenvalue weighted by Gasteiger charge is -2.33. The Balaban J connectivity index is 1.36. The van der Waals surface area contributed by atoms with Crippen LogP contribution < -0.4 is 5.32 Å². The molecule has 0 radical (unpaired) electrons. The molecule has 0 spiro atoms. The standard InChI is InChI=1S/C28H36N4O4/c1-2-36-19-9-16-29-26(33)24-14-17-30(18-15-24)21-32-27(34)25(23-12-7-4-8-13-23)31(28(32)35)20-22-10-5-3-6-11-22/h3-8,10-13,24-25H,2,9,14-21H2,1H3,(H,29,33). The monoisotopic (exact) mass is 492 g/mol. The molecule has 4 rings (SSSR count). The smallest absolute Gasteiger partial charge is 0.329 e. The number of urea groups is 1. The zero-order valence-electron chi connectivity index (χ0n) is 21.0. The number of piperidine rings is 1. The van der Waals surface area contributed by atoms with E-state index >= 15 is 0 Å². The topological polar surface area (TPSA) is 82.2 Å². The van der Waals surface area contributed by atoms with Crippen molar-refractivity contribution < 1.29 is 19.1 Å². The highest BCUT2D eigenvalue weighted by Gasteiger charge is 2.46. The van der Waals surface area contributed by atoms with E-state index in [0.29, 0.717) is 52.2 Å². The SMILES string of the molecule is CCOCCCNC(=O)C1CCN(CN2C(=O)C(c3ccccc3)N(Cc3ccccc3)C2=O)CC1. The number of carbonyl (C=O) groups excluding carboxylic acids is 3. The molecule has 8 nitrogen and oxygen atoms in total. The second-order valence-corrected chi connectivity index (χ2v) is 9.35. The van der Waals surface area contributed by atoms with Crippen molar-refractivity contribution in [2.75, 3.05) is 39.5 Å². The maximum absolute atomic E-state index is 13.5. The van der Waals surface area contributed by atoms with Crippen LogP contribution in [0.5, 0.6) is 0 Å². The number of hydrogen-bond donors (Lipinski definition) is 1. The average molecular weight is 493 g/mol. The summed E-state index contributed by atoms with van der Waals surface area (Å²) in [6.45, 7) is 5.86. The van der Waals surface area contributed by atoms with Gasteiger partial charge in [-0.2, -0.15) is 0 Å². The number of rotatable bonds is 11. The number of nitrogens with zero attached hydrogens (tertiary/aromatic N) is 3. The molecule has 2 aliphatic rings. The minimum Gasteiger partial charge on any atom is -0.382 e. The van der Waals surface area contributed by atoms with E-state index < -0.39 is 6.04 Å². The molecule has 36 heavy (non-hydrogen) atoms. The molecule has 0 bridgehead atoms. The maximum Gasteiger partial charge on any atom is 0.329 e. The molecule has 1 atom stereocenters. The van der Waals surface area contributed by atoms with Gasteiger partial charge in [0, 0.05) is 45.3 Å². The van der Waals surface area contributed by atoms with Crippen LogP contribution in [0, 0.1) is 5.92 Å². The Bertz CT molecular complexity index is 1010. The summed E-state index contributed by atoms with van der Waals surface area (Å²) in [5.74, 6) is -0.154. The third-order valence-corrected chi connectivity index (χ3v) is 6.87. The van der Waals surface area contributed by atoms with E-state index in [0.717, 1.165) is 17.5 Å². The summed E-state index contributed by atoms with van der Waals surface area (Å²) in [6, 6.07) is 18.3. The van der Waals surface area contributed by atoms with E-state index in [-0.39, 0.29) is 30.4 Å². The third kappa shape index (κ3) is 6.30. The normalized spacial score (nSPS) is 19.2. The summed E-state index contributed by atoms with van der Waals surface area (Å²) in [6.07, 6.45) is 2.23. The first kappa shape index (κ1) is 25.9. The lowest BCUT2D eigenvalue weighted by Crippen LogP contribution is -2.47. The number of benzene rings is 2. The number of ether oxygens (including phenoxy) is 1. The highest BCUT2D eigenvalue weighted by Crippen LogP contribution is 2.33. The largest absolute Gasteiger partial charge is 0.382 e. The van der Waals surface area contributed by atoms with Crippen molar-refractivity contribution in [3.63, 3.8) is 0 Å². The van der Waals surface area contributed by atoms with Gasteiger partial charge in [0.25, 0.3) is 5.91 Å². The fraction of sp³-hybridized carbons (Fsp3) is 0.464. The predicted molar refractivity (Wildman–Crippen MR) is 137 cm³/mol. The van der Waals surface area contributed by atoms with E-state index in [1.807, 2.05) is 67.6 Å². The Morgan fingerprint density at radius 3 is 2.33 bits per heavy atom. The minimum atomic E-state index is -0.640. The Hall–Kier alpha value is -3.23. The van der Waals surface area contributed by atoms with Gasteiger partial charge in [0.2, 0.25) is 5.91 Å². The first-order chi connectivity index (χ1) is 17.6. The zero-order chi connectivity index (χ0) is 25.3. The summed E-state index contributed by atoms with van der Waals surface area (Å²) < 4.78 is 5.31. The molecule has 0 aliphatic carbocycles. The zero-order valence-corrected chi connectivity index (χ0v) is 21.0. The quantitative estimate of drug-likeness (QED) is 0.384. The molecule has 192 valence electrons. The molecule has 4 amide bonds. The predicted octanol–water partition coefficient (Wildman–Crippen LogP) is 3.40. The Kier molecular flexibility index (Phi) is 9.08. The van der Waals surface area contributed by atoms with E-state index in [9.17, 15) is 14.4 Å². The van der Waals surface area contributed by atoms with Gasteiger partial charge in [0.15, 0.2) is 0 Å². The Morgan fingerprint density at radius 1 is 1.00 bits per heavy atom. The van der Waals surface area contributed by atoms with E-state index in [2.05, 4.69) is 10.2 Å². The average Bonchev–Trinajstić information content (AvgIpc) is 3.14. The number of imide groups is 1. The molecular formula is C28H36N4O4. The Morgan fingerprint density at radius 2 is 1.67 bits per heavy atom. The van der Waals surface area contributed by atoms with E-state index in [4.69, 9.17) is 4.74 Å². The van der Waals surface area contributed by atoms with Crippen LogP contribution in [-0.2, 0) is 20.9 Å². The van der Waals surface area contributed by atoms with Crippen molar-refractivity contribution in [2.24, 2.45) is 5.92 Å². The molecule has 2 heterocycles. The number of nitrogens with one attached hydrogen (secondary N) is 1. The number of amides is 4. The first-order valence-corrected chi connectivity index (χ1v) is 12.9. The lowest BCUT2D eigenvalue weighted by molar-refractivity contribution is -0.131. The molecule has 2 aliphatic heterocycles. The van der Waals surface area contributed by atoms with Gasteiger partial charge < -0.3 is 15.0 Å². The summed E-state index contributed by atoms with van der Waals surface area (Å²) in [7, 11) is 0. The number of hydrogen-bond acceptors (Lipinski definition) is 5. The molecule has 1 unspecified atom stereocenters. The highest BCUT2D eigenvalue weighted by molar-refractivity contribution is 6.04. The van der Waals surface area contributed by atoms with Crippen molar-refractivity contribution in [1.82, 2.24) is 20.0 Å². The third-order valence-electron chi connectivity index (χ3n) is 6.87. The second-order valence-electron chi connectivity index (χ2n) is 9.35. The van der Waals surface area contributed by atoms with Gasteiger partial charge in [-0.05, 0) is 37.3 Å². The van der Waals surface area contributed by atoms with Crippen LogP contribution in [0.15, 0.2) is 60.7 Å². The van der Waals surface area contributed by atoms with Crippen LogP contribution in [0.25, 0.3) is 0 Å². The fourth-order valence-electron chi connectivity index (χ4n) is 4.88. The molecule has 1 N–H and O–H groups in total. The van der Waals surface area contributed by atoms with Crippen molar-refractivity contribution >= 4 is 17.8 Å². The van der Waals surface area contributed by atoms with Gasteiger partial charge in [-0.1, -0.05) is 60.7 Å². The fourth-order valence-corrected chi connectivity index (χ4v) is 4.88. The van der Waals surface area contributed by atoms with Gasteiger partial charge in [0.05, 0.1) is 6.67 Å². The lowest BCUT2D eigenvalue weighted by atomic mass is 9.96. The molecule has 2 fully saturated rings. The van der Waals surface area contributed by atoms with Crippen LogP contribution in [0.4, 0.5) is 4.79 Å². The molecule has 2 aromatic rings. The molecule has 8 heteroatoms. The van der Waals surface area contributed by atoms with Crippen LogP contribution in [0.3, 0.4) is 0 Å². The maximum atomic E-state index is 13.5. The van der Waals surface area contributed by atoms with Gasteiger partial charge in [0.1, 0.15) is 6.04 Å². The molecule has 2 saturated heterocycles. The van der Waals surface area contributed by atoms with Crippen molar-refractivity contribution in [2.45, 2.75) is 38.8 Å². The van der Waals surface area contributed by atoms with Crippen LogP contribution in [0.1, 0.15) is 43.4 Å². The second kappa shape index (κ2) is 12.6. The number of likely N-dealkylation sites (tertiary alicyclic amines) is 1. The van der Waals surface area contributed by atoms with Crippen LogP contribution in [0.2, 0.25) is 0 Å². The van der Waals surface area contributed by atoms with Gasteiger partial charge >= 0.3 is 6.03 Å². The first-order valence-electron chi connectivity index (χ1n) is 12.9. The van der Waals surface area contributed by atoms with Crippen molar-refractivity contribution in [3.05, 3.63) is 71.8 Å². The summed E-state index contributed by atoms with van der Waals surface area (Å²) in [4.78, 5) is 44.6. The van der Waals surface area contributed by atoms with E-state index in [1.54, 1.807) is 4.90 Å². The van der Waals surface area contributed by atoms with Crippen molar-refractivity contribution in [1.29, 1.82) is 0 Å². The summed E-state index contributed by atoms with van der Waals surface area (Å²) >= 11 is 0. The van der Waals surface area contributed by atoms with Gasteiger partial charge in [-0.15, -0.1) is 0 Å². The summed E-state index contributed by atoms with van der Waals surface area (Å²) in [5, 5.41) is 3.00. The molecular weight excluding hydrogens is 456 g/mol. The van der Waals surface area contributed by atoms with E-state index in [1.165, 1.54) is 4.90 Å². The summed E-state index contributed by atoms with van der Waals surface area (Å²) in [5.41, 5.74) is 1.79. The minimum absolute atomic E-state index is 0.0371. The molecule has 0 saturated carbocycles. The molecule has 2 aromatic carbocycles. The number of carbonyl (C=O) groups is 3. The van der Waals surface area contributed by atoms with Crippen LogP contribution >= 0.6 is 0 Å². The Labute approximate surface area is 213 Å². The van der Waals surface area contributed by atoms with Gasteiger partial charge in [-0.25, -0.2) is 9.69 Å². The van der Waals surface area contributed by atoms with Crippen molar-refractivity contribution in [3.8, 4) is 0 Å².